The molecule has 0 spiro atoms. The Morgan fingerprint density at radius 3 is 2.83 bits per heavy atom. The fourth-order valence-corrected chi connectivity index (χ4v) is 2.68. The highest BCUT2D eigenvalue weighted by atomic mass is 19.4. The predicted octanol–water partition coefficient (Wildman–Crippen LogP) is 1.34. The van der Waals surface area contributed by atoms with Gasteiger partial charge in [0.15, 0.2) is 0 Å². The summed E-state index contributed by atoms with van der Waals surface area (Å²) in [6.07, 6.45) is -1.76. The molecule has 2 heterocycles. The minimum absolute atomic E-state index is 0.227. The zero-order valence-electron chi connectivity index (χ0n) is 13.2. The van der Waals surface area contributed by atoms with Crippen LogP contribution in [0.2, 0.25) is 0 Å². The van der Waals surface area contributed by atoms with Crippen molar-refractivity contribution in [2.24, 2.45) is 5.92 Å². The minimum Gasteiger partial charge on any atom is -0.355 e. The summed E-state index contributed by atoms with van der Waals surface area (Å²) in [7, 11) is 1.50. The van der Waals surface area contributed by atoms with Crippen LogP contribution in [0, 0.1) is 5.92 Å². The monoisotopic (exact) mass is 344 g/mol. The van der Waals surface area contributed by atoms with Crippen LogP contribution in [-0.2, 0) is 4.79 Å². The Morgan fingerprint density at radius 1 is 1.42 bits per heavy atom. The standard InChI is InChI=1S/C15H19F3N4O2/c1-19-14(24)11-5-2-6-20-12(11)22-7-3-4-10(8-22)13(23)21-9-15(16,17)18/h2,5-6,10H,3-4,7-9H2,1H3,(H,19,24)(H,21,23). The molecule has 1 unspecified atom stereocenters. The number of carbonyl (C=O) groups excluding carboxylic acids is 2. The molecular weight excluding hydrogens is 325 g/mol. The molecule has 0 radical (unpaired) electrons. The quantitative estimate of drug-likeness (QED) is 0.864. The number of alkyl halides is 3. The minimum atomic E-state index is -4.43. The second kappa shape index (κ2) is 7.50. The van der Waals surface area contributed by atoms with E-state index in [0.717, 1.165) is 0 Å². The molecule has 1 aromatic heterocycles. The zero-order valence-corrected chi connectivity index (χ0v) is 13.2. The maximum atomic E-state index is 12.2. The molecule has 1 atom stereocenters. The molecule has 2 N–H and O–H groups in total. The van der Waals surface area contributed by atoms with Crippen LogP contribution in [-0.4, -0.2) is 49.7 Å². The molecule has 1 saturated heterocycles. The van der Waals surface area contributed by atoms with Crippen molar-refractivity contribution in [2.75, 3.05) is 31.6 Å². The summed E-state index contributed by atoms with van der Waals surface area (Å²) in [6, 6.07) is 3.25. The first kappa shape index (κ1) is 18.0. The number of anilines is 1. The van der Waals surface area contributed by atoms with E-state index in [0.29, 0.717) is 30.8 Å². The molecule has 0 aliphatic carbocycles. The Bertz CT molecular complexity index is 607. The fraction of sp³-hybridized carbons (Fsp3) is 0.533. The number of amides is 2. The Morgan fingerprint density at radius 2 is 2.17 bits per heavy atom. The van der Waals surface area contributed by atoms with E-state index < -0.39 is 24.5 Å². The van der Waals surface area contributed by atoms with Crippen molar-refractivity contribution in [1.29, 1.82) is 0 Å². The predicted molar refractivity (Wildman–Crippen MR) is 81.6 cm³/mol. The molecule has 24 heavy (non-hydrogen) atoms. The number of pyridine rings is 1. The van der Waals surface area contributed by atoms with E-state index in [1.807, 2.05) is 5.32 Å². The number of aromatic nitrogens is 1. The number of nitrogens with zero attached hydrogens (tertiary/aromatic N) is 2. The summed E-state index contributed by atoms with van der Waals surface area (Å²) in [5, 5.41) is 4.44. The summed E-state index contributed by atoms with van der Waals surface area (Å²) in [5.41, 5.74) is 0.372. The van der Waals surface area contributed by atoms with E-state index in [4.69, 9.17) is 0 Å². The van der Waals surface area contributed by atoms with Gasteiger partial charge < -0.3 is 15.5 Å². The second-order valence-electron chi connectivity index (χ2n) is 5.57. The van der Waals surface area contributed by atoms with Gasteiger partial charge in [0.2, 0.25) is 5.91 Å². The lowest BCUT2D eigenvalue weighted by Gasteiger charge is -2.33. The molecule has 1 aromatic rings. The first-order chi connectivity index (χ1) is 11.3. The average molecular weight is 344 g/mol. The van der Waals surface area contributed by atoms with Gasteiger partial charge in [0.05, 0.1) is 11.5 Å². The number of halogens is 3. The number of hydrogen-bond acceptors (Lipinski definition) is 4. The van der Waals surface area contributed by atoms with Gasteiger partial charge in [-0.3, -0.25) is 9.59 Å². The van der Waals surface area contributed by atoms with E-state index in [2.05, 4.69) is 10.3 Å². The molecular formula is C15H19F3N4O2. The van der Waals surface area contributed by atoms with Gasteiger partial charge >= 0.3 is 6.18 Å². The number of hydrogen-bond donors (Lipinski definition) is 2. The van der Waals surface area contributed by atoms with E-state index >= 15 is 0 Å². The highest BCUT2D eigenvalue weighted by Crippen LogP contribution is 2.25. The van der Waals surface area contributed by atoms with Gasteiger partial charge in [0.1, 0.15) is 12.4 Å². The van der Waals surface area contributed by atoms with Crippen LogP contribution in [0.5, 0.6) is 0 Å². The van der Waals surface area contributed by atoms with E-state index in [-0.39, 0.29) is 12.5 Å². The number of rotatable bonds is 4. The Kier molecular flexibility index (Phi) is 5.63. The average Bonchev–Trinajstić information content (AvgIpc) is 2.58. The van der Waals surface area contributed by atoms with Crippen molar-refractivity contribution in [3.8, 4) is 0 Å². The number of piperidine rings is 1. The van der Waals surface area contributed by atoms with Crippen molar-refractivity contribution in [1.82, 2.24) is 15.6 Å². The molecule has 0 bridgehead atoms. The highest BCUT2D eigenvalue weighted by molar-refractivity contribution is 5.98. The van der Waals surface area contributed by atoms with E-state index in [1.54, 1.807) is 17.0 Å². The van der Waals surface area contributed by atoms with Gasteiger partial charge in [0.25, 0.3) is 5.91 Å². The van der Waals surface area contributed by atoms with Crippen LogP contribution in [0.15, 0.2) is 18.3 Å². The molecule has 6 nitrogen and oxygen atoms in total. The molecule has 1 fully saturated rings. The first-order valence-electron chi connectivity index (χ1n) is 7.58. The third-order valence-electron chi connectivity index (χ3n) is 3.81. The highest BCUT2D eigenvalue weighted by Gasteiger charge is 2.32. The van der Waals surface area contributed by atoms with Gasteiger partial charge in [-0.2, -0.15) is 13.2 Å². The lowest BCUT2D eigenvalue weighted by molar-refractivity contribution is -0.140. The first-order valence-corrected chi connectivity index (χ1v) is 7.58. The third-order valence-corrected chi connectivity index (χ3v) is 3.81. The Hall–Kier alpha value is -2.32. The Labute approximate surface area is 137 Å². The van der Waals surface area contributed by atoms with Gasteiger partial charge in [-0.15, -0.1) is 0 Å². The van der Waals surface area contributed by atoms with Crippen LogP contribution < -0.4 is 15.5 Å². The Balaban J connectivity index is 2.08. The molecule has 1 aliphatic rings. The van der Waals surface area contributed by atoms with Crippen molar-refractivity contribution in [3.05, 3.63) is 23.9 Å². The molecule has 2 amide bonds. The molecule has 0 saturated carbocycles. The summed E-state index contributed by atoms with van der Waals surface area (Å²) in [6.45, 7) is -0.524. The SMILES string of the molecule is CNC(=O)c1cccnc1N1CCCC(C(=O)NCC(F)(F)F)C1. The van der Waals surface area contributed by atoms with E-state index in [1.165, 1.54) is 13.2 Å². The van der Waals surface area contributed by atoms with Crippen LogP contribution in [0.4, 0.5) is 19.0 Å². The second-order valence-corrected chi connectivity index (χ2v) is 5.57. The van der Waals surface area contributed by atoms with Crippen molar-refractivity contribution in [3.63, 3.8) is 0 Å². The van der Waals surface area contributed by atoms with Crippen molar-refractivity contribution in [2.45, 2.75) is 19.0 Å². The van der Waals surface area contributed by atoms with Crippen LogP contribution in [0.25, 0.3) is 0 Å². The molecule has 1 aliphatic heterocycles. The maximum Gasteiger partial charge on any atom is 0.405 e. The number of nitrogens with one attached hydrogen (secondary N) is 2. The molecule has 2 rings (SSSR count). The van der Waals surface area contributed by atoms with Crippen molar-refractivity contribution < 1.29 is 22.8 Å². The van der Waals surface area contributed by atoms with E-state index in [9.17, 15) is 22.8 Å². The van der Waals surface area contributed by atoms with Gasteiger partial charge in [0, 0.05) is 26.3 Å². The van der Waals surface area contributed by atoms with Gasteiger partial charge in [-0.05, 0) is 25.0 Å². The summed E-state index contributed by atoms with van der Waals surface area (Å²) >= 11 is 0. The third kappa shape index (κ3) is 4.59. The van der Waals surface area contributed by atoms with Crippen LogP contribution in [0.3, 0.4) is 0 Å². The number of carbonyl (C=O) groups is 2. The maximum absolute atomic E-state index is 12.2. The zero-order chi connectivity index (χ0) is 17.7. The summed E-state index contributed by atoms with van der Waals surface area (Å²) in [4.78, 5) is 29.9. The lowest BCUT2D eigenvalue weighted by Crippen LogP contribution is -2.45. The van der Waals surface area contributed by atoms with Crippen molar-refractivity contribution >= 4 is 17.6 Å². The van der Waals surface area contributed by atoms with Crippen LogP contribution >= 0.6 is 0 Å². The van der Waals surface area contributed by atoms with Crippen LogP contribution in [0.1, 0.15) is 23.2 Å². The fourth-order valence-electron chi connectivity index (χ4n) is 2.68. The topological polar surface area (TPSA) is 74.3 Å². The smallest absolute Gasteiger partial charge is 0.355 e. The summed E-state index contributed by atoms with van der Waals surface area (Å²) in [5.74, 6) is -1.07. The summed E-state index contributed by atoms with van der Waals surface area (Å²) < 4.78 is 36.7. The largest absolute Gasteiger partial charge is 0.405 e. The van der Waals surface area contributed by atoms with Gasteiger partial charge in [-0.25, -0.2) is 4.98 Å². The molecule has 132 valence electrons. The normalized spacial score (nSPS) is 18.2. The lowest BCUT2D eigenvalue weighted by atomic mass is 9.96. The molecule has 0 aromatic carbocycles. The molecule has 9 heteroatoms. The van der Waals surface area contributed by atoms with Gasteiger partial charge in [-0.1, -0.05) is 0 Å².